The van der Waals surface area contributed by atoms with Gasteiger partial charge in [-0.2, -0.15) is 0 Å². The molecule has 0 radical (unpaired) electrons. The molecular weight excluding hydrogens is 322 g/mol. The predicted molar refractivity (Wildman–Crippen MR) is 106 cm³/mol. The Kier molecular flexibility index (Phi) is 5.91. The minimum absolute atomic E-state index is 0.210. The molecule has 3 aliphatic rings. The van der Waals surface area contributed by atoms with E-state index in [4.69, 9.17) is 0 Å². The van der Waals surface area contributed by atoms with Crippen molar-refractivity contribution in [1.29, 1.82) is 0 Å². The second-order valence-corrected chi connectivity index (χ2v) is 8.29. The van der Waals surface area contributed by atoms with Crippen LogP contribution in [0.3, 0.4) is 0 Å². The fourth-order valence-corrected chi connectivity index (χ4v) is 4.95. The number of piperidine rings is 1. The highest BCUT2D eigenvalue weighted by Gasteiger charge is 2.27. The molecular formula is C22H33N3O. The fourth-order valence-electron chi connectivity index (χ4n) is 4.95. The Labute approximate surface area is 157 Å². The van der Waals surface area contributed by atoms with E-state index >= 15 is 0 Å². The van der Waals surface area contributed by atoms with Crippen molar-refractivity contribution in [3.8, 4) is 0 Å². The third-order valence-corrected chi connectivity index (χ3v) is 6.62. The molecule has 0 unspecified atom stereocenters. The van der Waals surface area contributed by atoms with Crippen LogP contribution in [0, 0.1) is 0 Å². The Morgan fingerprint density at radius 2 is 1.62 bits per heavy atom. The minimum atomic E-state index is 0.210. The lowest BCUT2D eigenvalue weighted by Crippen LogP contribution is -2.52. The normalized spacial score (nSPS) is 26.0. The van der Waals surface area contributed by atoms with Gasteiger partial charge in [-0.05, 0) is 55.8 Å². The van der Waals surface area contributed by atoms with Crippen molar-refractivity contribution in [1.82, 2.24) is 15.1 Å². The van der Waals surface area contributed by atoms with Gasteiger partial charge in [0.25, 0.3) is 5.91 Å². The van der Waals surface area contributed by atoms with Gasteiger partial charge in [-0.15, -0.1) is 0 Å². The van der Waals surface area contributed by atoms with Crippen molar-refractivity contribution in [2.75, 3.05) is 39.3 Å². The third kappa shape index (κ3) is 4.12. The monoisotopic (exact) mass is 355 g/mol. The lowest BCUT2D eigenvalue weighted by molar-refractivity contribution is 0.0523. The lowest BCUT2D eigenvalue weighted by Gasteiger charge is -2.40. The summed E-state index contributed by atoms with van der Waals surface area (Å²) in [6.45, 7) is 6.05. The van der Waals surface area contributed by atoms with E-state index in [0.717, 1.165) is 50.9 Å². The van der Waals surface area contributed by atoms with Crippen LogP contribution in [0.1, 0.15) is 66.8 Å². The number of hydrogen-bond donors (Lipinski definition) is 1. The molecule has 142 valence electrons. The van der Waals surface area contributed by atoms with Crippen LogP contribution < -0.4 is 5.32 Å². The summed E-state index contributed by atoms with van der Waals surface area (Å²) in [5.74, 6) is 0.813. The number of carbonyl (C=O) groups excluding carboxylic acids is 1. The van der Waals surface area contributed by atoms with E-state index in [0.29, 0.717) is 5.92 Å². The summed E-state index contributed by atoms with van der Waals surface area (Å²) in [5.41, 5.74) is 2.22. The molecule has 3 fully saturated rings. The van der Waals surface area contributed by atoms with E-state index in [-0.39, 0.29) is 5.91 Å². The van der Waals surface area contributed by atoms with Gasteiger partial charge in [0.15, 0.2) is 0 Å². The predicted octanol–water partition coefficient (Wildman–Crippen LogP) is 3.24. The molecule has 1 atom stereocenters. The molecule has 1 amide bonds. The fraction of sp³-hybridized carbons (Fsp3) is 0.682. The molecule has 1 N–H and O–H groups in total. The molecule has 1 aromatic rings. The van der Waals surface area contributed by atoms with Gasteiger partial charge in [0.05, 0.1) is 0 Å². The maximum atomic E-state index is 12.9. The van der Waals surface area contributed by atoms with Gasteiger partial charge in [0.2, 0.25) is 0 Å². The molecule has 2 aliphatic heterocycles. The summed E-state index contributed by atoms with van der Waals surface area (Å²) in [6, 6.07) is 9.19. The molecule has 4 rings (SSSR count). The Morgan fingerprint density at radius 3 is 2.27 bits per heavy atom. The zero-order valence-electron chi connectivity index (χ0n) is 16.0. The number of carbonyl (C=O) groups is 1. The van der Waals surface area contributed by atoms with Gasteiger partial charge < -0.3 is 10.2 Å². The van der Waals surface area contributed by atoms with Gasteiger partial charge in [-0.1, -0.05) is 31.4 Å². The molecule has 4 nitrogen and oxygen atoms in total. The van der Waals surface area contributed by atoms with Gasteiger partial charge in [-0.25, -0.2) is 0 Å². The summed E-state index contributed by atoms with van der Waals surface area (Å²) >= 11 is 0. The van der Waals surface area contributed by atoms with Crippen molar-refractivity contribution in [3.05, 3.63) is 35.4 Å². The van der Waals surface area contributed by atoms with Crippen molar-refractivity contribution in [3.63, 3.8) is 0 Å². The molecule has 0 spiro atoms. The van der Waals surface area contributed by atoms with E-state index in [1.165, 1.54) is 50.5 Å². The second kappa shape index (κ2) is 8.53. The average Bonchev–Trinajstić information content (AvgIpc) is 2.75. The first kappa shape index (κ1) is 18.0. The van der Waals surface area contributed by atoms with Crippen molar-refractivity contribution < 1.29 is 4.79 Å². The maximum absolute atomic E-state index is 12.9. The van der Waals surface area contributed by atoms with Gasteiger partial charge >= 0.3 is 0 Å². The van der Waals surface area contributed by atoms with Crippen LogP contribution in [0.15, 0.2) is 24.3 Å². The molecule has 1 saturated carbocycles. The Hall–Kier alpha value is -1.39. The highest BCUT2D eigenvalue weighted by molar-refractivity contribution is 5.94. The molecule has 2 saturated heterocycles. The summed E-state index contributed by atoms with van der Waals surface area (Å²) in [5, 5.41) is 3.47. The largest absolute Gasteiger partial charge is 0.336 e. The summed E-state index contributed by atoms with van der Waals surface area (Å²) < 4.78 is 0. The smallest absolute Gasteiger partial charge is 0.253 e. The topological polar surface area (TPSA) is 35.6 Å². The SMILES string of the molecule is O=C(c1ccc([C@H]2CCCNC2)cc1)N1CCN(C2CCCCC2)CC1. The number of nitrogens with one attached hydrogen (secondary N) is 1. The number of amides is 1. The standard InChI is InChI=1S/C22H33N3O/c26-22(19-10-8-18(9-11-19)20-5-4-12-23-17-20)25-15-13-24(14-16-25)21-6-2-1-3-7-21/h8-11,20-21,23H,1-7,12-17H2/t20-/m0/s1. The quantitative estimate of drug-likeness (QED) is 0.904. The Morgan fingerprint density at radius 1 is 0.885 bits per heavy atom. The zero-order chi connectivity index (χ0) is 17.8. The van der Waals surface area contributed by atoms with Crippen LogP contribution in [-0.2, 0) is 0 Å². The summed E-state index contributed by atoms with van der Waals surface area (Å²) in [4.78, 5) is 17.5. The second-order valence-electron chi connectivity index (χ2n) is 8.29. The number of piperazine rings is 1. The average molecular weight is 356 g/mol. The number of rotatable bonds is 3. The van der Waals surface area contributed by atoms with Crippen molar-refractivity contribution in [2.24, 2.45) is 0 Å². The molecule has 4 heteroatoms. The molecule has 1 aromatic carbocycles. The van der Waals surface area contributed by atoms with Crippen molar-refractivity contribution in [2.45, 2.75) is 56.9 Å². The lowest BCUT2D eigenvalue weighted by atomic mass is 9.91. The highest BCUT2D eigenvalue weighted by atomic mass is 16.2. The van der Waals surface area contributed by atoms with Crippen molar-refractivity contribution >= 4 is 5.91 Å². The molecule has 0 bridgehead atoms. The zero-order valence-corrected chi connectivity index (χ0v) is 16.0. The van der Waals surface area contributed by atoms with Gasteiger partial charge in [0, 0.05) is 44.3 Å². The Bertz CT molecular complexity index is 580. The Balaban J connectivity index is 1.31. The van der Waals surface area contributed by atoms with Crippen LogP contribution in [0.25, 0.3) is 0 Å². The first-order valence-electron chi connectivity index (χ1n) is 10.7. The third-order valence-electron chi connectivity index (χ3n) is 6.62. The summed E-state index contributed by atoms with van der Waals surface area (Å²) in [6.07, 6.45) is 9.37. The highest BCUT2D eigenvalue weighted by Crippen LogP contribution is 2.25. The van der Waals surface area contributed by atoms with E-state index in [1.54, 1.807) is 0 Å². The molecule has 26 heavy (non-hydrogen) atoms. The van der Waals surface area contributed by atoms with E-state index in [1.807, 2.05) is 12.1 Å². The van der Waals surface area contributed by atoms with Crippen LogP contribution in [-0.4, -0.2) is 61.0 Å². The van der Waals surface area contributed by atoms with Crippen LogP contribution in [0.2, 0.25) is 0 Å². The summed E-state index contributed by atoms with van der Waals surface area (Å²) in [7, 11) is 0. The van der Waals surface area contributed by atoms with E-state index in [2.05, 4.69) is 27.2 Å². The van der Waals surface area contributed by atoms with E-state index < -0.39 is 0 Å². The van der Waals surface area contributed by atoms with Gasteiger partial charge in [0.1, 0.15) is 0 Å². The van der Waals surface area contributed by atoms with Crippen LogP contribution in [0.4, 0.5) is 0 Å². The molecule has 2 heterocycles. The molecule has 1 aliphatic carbocycles. The maximum Gasteiger partial charge on any atom is 0.253 e. The van der Waals surface area contributed by atoms with Gasteiger partial charge in [-0.3, -0.25) is 9.69 Å². The minimum Gasteiger partial charge on any atom is -0.336 e. The first-order valence-corrected chi connectivity index (χ1v) is 10.7. The number of benzene rings is 1. The molecule has 0 aromatic heterocycles. The van der Waals surface area contributed by atoms with Crippen LogP contribution in [0.5, 0.6) is 0 Å². The number of hydrogen-bond acceptors (Lipinski definition) is 3. The van der Waals surface area contributed by atoms with Crippen LogP contribution >= 0.6 is 0 Å². The van der Waals surface area contributed by atoms with E-state index in [9.17, 15) is 4.79 Å². The number of nitrogens with zero attached hydrogens (tertiary/aromatic N) is 2. The first-order chi connectivity index (χ1) is 12.8.